The van der Waals surface area contributed by atoms with E-state index in [9.17, 15) is 22.4 Å². The molecule has 180 valence electrons. The fourth-order valence-corrected chi connectivity index (χ4v) is 4.22. The van der Waals surface area contributed by atoms with Gasteiger partial charge in [0.2, 0.25) is 0 Å². The number of benzene rings is 2. The number of imidazole rings is 1. The first-order chi connectivity index (χ1) is 16.6. The number of rotatable bonds is 4. The van der Waals surface area contributed by atoms with E-state index in [1.54, 1.807) is 19.2 Å². The summed E-state index contributed by atoms with van der Waals surface area (Å²) in [5.74, 6) is -4.52. The van der Waals surface area contributed by atoms with Gasteiger partial charge in [0.25, 0.3) is 18.3 Å². The van der Waals surface area contributed by atoms with Crippen molar-refractivity contribution in [3.05, 3.63) is 72.0 Å². The van der Waals surface area contributed by atoms with Crippen molar-refractivity contribution in [2.24, 2.45) is 4.99 Å². The molecule has 5 rings (SSSR count). The fraction of sp³-hybridized carbons (Fsp3) is 0.250. The fourth-order valence-electron chi connectivity index (χ4n) is 4.22. The first-order valence-corrected chi connectivity index (χ1v) is 10.7. The molecule has 1 amide bonds. The van der Waals surface area contributed by atoms with Crippen molar-refractivity contribution in [1.82, 2.24) is 14.9 Å². The van der Waals surface area contributed by atoms with E-state index in [1.807, 2.05) is 0 Å². The molecule has 0 bridgehead atoms. The van der Waals surface area contributed by atoms with E-state index in [0.717, 1.165) is 12.1 Å². The zero-order valence-electron chi connectivity index (χ0n) is 18.3. The van der Waals surface area contributed by atoms with Crippen molar-refractivity contribution >= 4 is 34.5 Å². The number of ether oxygens (including phenoxy) is 1. The minimum Gasteiger partial charge on any atom is -0.352 e. The summed E-state index contributed by atoms with van der Waals surface area (Å²) >= 11 is 0. The number of hydrogen-bond donors (Lipinski definition) is 2. The smallest absolute Gasteiger partial charge is 0.295 e. The summed E-state index contributed by atoms with van der Waals surface area (Å²) in [5, 5.41) is 5.49. The lowest BCUT2D eigenvalue weighted by molar-refractivity contribution is 0.0487. The van der Waals surface area contributed by atoms with Gasteiger partial charge >= 0.3 is 0 Å². The average Bonchev–Trinajstić information content (AvgIpc) is 3.21. The van der Waals surface area contributed by atoms with Crippen LogP contribution in [0.25, 0.3) is 16.6 Å². The van der Waals surface area contributed by atoms with Crippen LogP contribution in [0.5, 0.6) is 0 Å². The van der Waals surface area contributed by atoms with Crippen LogP contribution in [0.15, 0.2) is 47.6 Å². The van der Waals surface area contributed by atoms with E-state index in [1.165, 1.54) is 29.1 Å². The summed E-state index contributed by atoms with van der Waals surface area (Å²) in [6, 6.07) is 7.30. The van der Waals surface area contributed by atoms with Gasteiger partial charge < -0.3 is 19.9 Å². The largest absolute Gasteiger partial charge is 0.352 e. The monoisotopic (exact) mass is 485 g/mol. The molecule has 3 aromatic rings. The average molecular weight is 485 g/mol. The maximum Gasteiger partial charge on any atom is 0.295 e. The van der Waals surface area contributed by atoms with Crippen LogP contribution in [0.2, 0.25) is 0 Å². The second-order valence-corrected chi connectivity index (χ2v) is 8.27. The van der Waals surface area contributed by atoms with E-state index < -0.39 is 41.9 Å². The highest BCUT2D eigenvalue weighted by Gasteiger charge is 2.32. The number of amides is 1. The van der Waals surface area contributed by atoms with Crippen molar-refractivity contribution < 1.29 is 27.1 Å². The predicted molar refractivity (Wildman–Crippen MR) is 121 cm³/mol. The van der Waals surface area contributed by atoms with Crippen molar-refractivity contribution in [3.8, 4) is 0 Å². The molecule has 0 aliphatic carbocycles. The number of carbonyl (C=O) groups is 1. The molecular weight excluding hydrogens is 466 g/mol. The zero-order chi connectivity index (χ0) is 24.9. The molecule has 2 aliphatic rings. The van der Waals surface area contributed by atoms with Crippen LogP contribution in [-0.2, 0) is 10.7 Å². The maximum absolute atomic E-state index is 13.9. The molecule has 7 nitrogen and oxygen atoms in total. The first kappa shape index (κ1) is 23.0. The molecule has 2 unspecified atom stereocenters. The lowest BCUT2D eigenvalue weighted by Crippen LogP contribution is -2.28. The van der Waals surface area contributed by atoms with Gasteiger partial charge in [-0.15, -0.1) is 0 Å². The third-order valence-electron chi connectivity index (χ3n) is 5.83. The number of aromatic nitrogens is 2. The summed E-state index contributed by atoms with van der Waals surface area (Å²) in [5.41, 5.74) is 1.65. The lowest BCUT2D eigenvalue weighted by Gasteiger charge is -2.28. The number of halogens is 4. The Kier molecular flexibility index (Phi) is 5.59. The third-order valence-corrected chi connectivity index (χ3v) is 5.83. The minimum absolute atomic E-state index is 0.129. The van der Waals surface area contributed by atoms with E-state index in [0.29, 0.717) is 16.7 Å². The number of aliphatic imine (C=N–C) groups is 1. The van der Waals surface area contributed by atoms with Crippen LogP contribution >= 0.6 is 0 Å². The summed E-state index contributed by atoms with van der Waals surface area (Å²) in [4.78, 5) is 21.5. The number of nitrogens with one attached hydrogen (secondary N) is 2. The number of hydrogen-bond acceptors (Lipinski definition) is 5. The minimum atomic E-state index is -3.51. The lowest BCUT2D eigenvalue weighted by atomic mass is 9.98. The van der Waals surface area contributed by atoms with Gasteiger partial charge in [0.05, 0.1) is 30.0 Å². The summed E-state index contributed by atoms with van der Waals surface area (Å²) in [6.07, 6.45) is -0.440. The molecule has 2 radical (unpaired) electrons. The van der Waals surface area contributed by atoms with Gasteiger partial charge in [0, 0.05) is 41.1 Å². The van der Waals surface area contributed by atoms with Crippen LogP contribution < -0.4 is 10.6 Å². The highest BCUT2D eigenvalue weighted by Crippen LogP contribution is 2.38. The number of alkyl halides is 4. The molecule has 0 saturated carbocycles. The van der Waals surface area contributed by atoms with Gasteiger partial charge in [0.15, 0.2) is 12.1 Å². The van der Waals surface area contributed by atoms with E-state index >= 15 is 0 Å². The Morgan fingerprint density at radius 3 is 2.71 bits per heavy atom. The Hall–Kier alpha value is -3.73. The molecular formula is C24H19F4N5O2. The van der Waals surface area contributed by atoms with Crippen molar-refractivity contribution in [2.75, 3.05) is 11.9 Å². The predicted octanol–water partition coefficient (Wildman–Crippen LogP) is 4.92. The Balaban J connectivity index is 1.60. The van der Waals surface area contributed by atoms with Gasteiger partial charge in [-0.2, -0.15) is 0 Å². The van der Waals surface area contributed by atoms with Gasteiger partial charge in [-0.1, -0.05) is 12.1 Å². The first-order valence-electron chi connectivity index (χ1n) is 10.7. The molecule has 1 aromatic heterocycles. The second kappa shape index (κ2) is 8.49. The molecule has 3 heterocycles. The molecule has 0 fully saturated rings. The number of fused-ring (bicyclic) bond motifs is 2. The summed E-state index contributed by atoms with van der Waals surface area (Å²) in [7, 11) is 0. The molecule has 2 aromatic carbocycles. The highest BCUT2D eigenvalue weighted by molar-refractivity contribution is 6.08. The standard InChI is InChI=1S/C24H19F4N5O2/c1-12-10-35-23-17(9-29-11-30-23)16-7-13(8-18-19(16)33(12)21(32-18)20(25)26)22(34)31-15-5-3-14(4-6-15)24(2,27)28/h2-9,11-12,20,23H,10H2,1H3,(H,29,30)(H,31,34). The Morgan fingerprint density at radius 2 is 2.03 bits per heavy atom. The third kappa shape index (κ3) is 4.16. The quantitative estimate of drug-likeness (QED) is 0.515. The Morgan fingerprint density at radius 1 is 1.29 bits per heavy atom. The number of anilines is 1. The van der Waals surface area contributed by atoms with Gasteiger partial charge in [-0.25, -0.2) is 27.5 Å². The SMILES string of the molecule is [CH]C(F)(F)c1ccc(NC(=O)c2cc3c4c(c2)nc(C(F)F)n4C(C)COC2N=CNC=C32)cc1. The normalized spacial score (nSPS) is 19.6. The molecule has 35 heavy (non-hydrogen) atoms. The summed E-state index contributed by atoms with van der Waals surface area (Å²) < 4.78 is 61.6. The zero-order valence-corrected chi connectivity index (χ0v) is 18.3. The second-order valence-electron chi connectivity index (χ2n) is 8.27. The maximum atomic E-state index is 13.9. The molecule has 11 heteroatoms. The Labute approximate surface area is 197 Å². The van der Waals surface area contributed by atoms with Crippen LogP contribution in [0.1, 0.15) is 46.7 Å². The van der Waals surface area contributed by atoms with Gasteiger partial charge in [-0.05, 0) is 31.2 Å². The van der Waals surface area contributed by atoms with Crippen LogP contribution in [-0.4, -0.2) is 34.6 Å². The molecule has 2 atom stereocenters. The van der Waals surface area contributed by atoms with Crippen LogP contribution in [0.4, 0.5) is 23.2 Å². The van der Waals surface area contributed by atoms with Gasteiger partial charge in [0.1, 0.15) is 0 Å². The molecule has 2 N–H and O–H groups in total. The highest BCUT2D eigenvalue weighted by atomic mass is 19.3. The van der Waals surface area contributed by atoms with Crippen molar-refractivity contribution in [3.63, 3.8) is 0 Å². The molecule has 0 spiro atoms. The van der Waals surface area contributed by atoms with E-state index in [4.69, 9.17) is 11.7 Å². The van der Waals surface area contributed by atoms with Crippen molar-refractivity contribution in [1.29, 1.82) is 0 Å². The topological polar surface area (TPSA) is 80.5 Å². The molecule has 2 aliphatic heterocycles. The number of nitrogens with zero attached hydrogens (tertiary/aromatic N) is 3. The van der Waals surface area contributed by atoms with E-state index in [-0.39, 0.29) is 23.4 Å². The van der Waals surface area contributed by atoms with Crippen LogP contribution in [0, 0.1) is 6.92 Å². The Bertz CT molecular complexity index is 1360. The number of carbonyl (C=O) groups excluding carboxylic acids is 1. The molecule has 0 saturated heterocycles. The van der Waals surface area contributed by atoms with E-state index in [2.05, 4.69) is 20.6 Å². The van der Waals surface area contributed by atoms with Crippen LogP contribution in [0.3, 0.4) is 0 Å². The summed E-state index contributed by atoms with van der Waals surface area (Å²) in [6.45, 7) is 6.67. The van der Waals surface area contributed by atoms with Gasteiger partial charge in [-0.3, -0.25) is 4.79 Å². The van der Waals surface area contributed by atoms with Crippen molar-refractivity contribution in [2.45, 2.75) is 31.5 Å².